The van der Waals surface area contributed by atoms with Crippen LogP contribution in [0.2, 0.25) is 0 Å². The Hall–Kier alpha value is -2.38. The lowest BCUT2D eigenvalue weighted by Crippen LogP contribution is -2.35. The Bertz CT molecular complexity index is 879. The second kappa shape index (κ2) is 9.01. The van der Waals surface area contributed by atoms with Crippen molar-refractivity contribution in [3.63, 3.8) is 0 Å². The molecule has 1 amide bonds. The fourth-order valence-electron chi connectivity index (χ4n) is 2.72. The van der Waals surface area contributed by atoms with E-state index >= 15 is 0 Å². The zero-order valence-corrected chi connectivity index (χ0v) is 16.9. The van der Waals surface area contributed by atoms with Gasteiger partial charge in [-0.1, -0.05) is 24.3 Å². The average Bonchev–Trinajstić information content (AvgIpc) is 2.60. The number of nitrogens with one attached hydrogen (secondary N) is 1. The number of ether oxygens (including phenoxy) is 1. The van der Waals surface area contributed by atoms with Crippen molar-refractivity contribution < 1.29 is 17.9 Å². The number of methoxy groups -OCH3 is 1. The molecule has 0 unspecified atom stereocenters. The zero-order chi connectivity index (χ0) is 20.0. The number of hydrogen-bond acceptors (Lipinski definition) is 4. The van der Waals surface area contributed by atoms with E-state index in [0.29, 0.717) is 17.9 Å². The van der Waals surface area contributed by atoms with Crippen molar-refractivity contribution >= 4 is 21.6 Å². The van der Waals surface area contributed by atoms with Crippen LogP contribution < -0.4 is 9.62 Å². The molecule has 1 N–H and O–H groups in total. The maximum Gasteiger partial charge on any atom is 0.251 e. The number of rotatable bonds is 8. The molecule has 2 rings (SSSR count). The van der Waals surface area contributed by atoms with Crippen LogP contribution in [0.5, 0.6) is 0 Å². The molecule has 7 heteroatoms. The van der Waals surface area contributed by atoms with E-state index in [4.69, 9.17) is 4.74 Å². The normalized spacial score (nSPS) is 12.4. The topological polar surface area (TPSA) is 75.7 Å². The molecule has 0 fully saturated rings. The van der Waals surface area contributed by atoms with Gasteiger partial charge >= 0.3 is 0 Å². The van der Waals surface area contributed by atoms with Crippen LogP contribution >= 0.6 is 0 Å². The van der Waals surface area contributed by atoms with Gasteiger partial charge in [0.2, 0.25) is 10.0 Å². The summed E-state index contributed by atoms with van der Waals surface area (Å²) >= 11 is 0. The Morgan fingerprint density at radius 1 is 1.15 bits per heavy atom. The Morgan fingerprint density at radius 3 is 2.33 bits per heavy atom. The third-order valence-corrected chi connectivity index (χ3v) is 5.33. The minimum Gasteiger partial charge on any atom is -0.383 e. The first kappa shape index (κ1) is 20.9. The maximum absolute atomic E-state index is 12.3. The van der Waals surface area contributed by atoms with E-state index in [9.17, 15) is 13.2 Å². The summed E-state index contributed by atoms with van der Waals surface area (Å²) in [5.74, 6) is -0.226. The molecular weight excluding hydrogens is 364 g/mol. The minimum atomic E-state index is -3.48. The molecule has 0 saturated carbocycles. The summed E-state index contributed by atoms with van der Waals surface area (Å²) in [7, 11) is -1.90. The van der Waals surface area contributed by atoms with Crippen molar-refractivity contribution in [1.29, 1.82) is 0 Å². The van der Waals surface area contributed by atoms with Gasteiger partial charge in [-0.15, -0.1) is 0 Å². The van der Waals surface area contributed by atoms with Crippen LogP contribution in [0.3, 0.4) is 0 Å². The number of sulfonamides is 1. The summed E-state index contributed by atoms with van der Waals surface area (Å²) in [6, 6.07) is 14.1. The first-order valence-corrected chi connectivity index (χ1v) is 10.5. The molecule has 146 valence electrons. The van der Waals surface area contributed by atoms with Gasteiger partial charge in [0.1, 0.15) is 0 Å². The summed E-state index contributed by atoms with van der Waals surface area (Å²) in [4.78, 5) is 12.2. The molecule has 0 aliphatic carbocycles. The number of benzene rings is 2. The molecule has 0 bridgehead atoms. The van der Waals surface area contributed by atoms with Gasteiger partial charge in [-0.05, 0) is 49.2 Å². The number of nitrogens with zero attached hydrogens (tertiary/aromatic N) is 1. The summed E-state index contributed by atoms with van der Waals surface area (Å²) in [6.07, 6.45) is 1.18. The molecule has 0 heterocycles. The van der Waals surface area contributed by atoms with Crippen LogP contribution in [-0.4, -0.2) is 40.3 Å². The van der Waals surface area contributed by atoms with Crippen LogP contribution in [0, 0.1) is 6.92 Å². The van der Waals surface area contributed by atoms with Crippen LogP contribution in [-0.2, 0) is 21.3 Å². The molecule has 0 aliphatic heterocycles. The van der Waals surface area contributed by atoms with Crippen LogP contribution in [0.4, 0.5) is 5.69 Å². The molecule has 1 atom stereocenters. The zero-order valence-electron chi connectivity index (χ0n) is 16.1. The largest absolute Gasteiger partial charge is 0.383 e. The predicted molar refractivity (Wildman–Crippen MR) is 107 cm³/mol. The molecule has 0 aliphatic rings. The fourth-order valence-corrected chi connectivity index (χ4v) is 3.60. The molecule has 27 heavy (non-hydrogen) atoms. The van der Waals surface area contributed by atoms with E-state index in [1.165, 1.54) is 10.6 Å². The molecular formula is C20H26N2O4S. The van der Waals surface area contributed by atoms with Crippen LogP contribution in [0.25, 0.3) is 0 Å². The SMILES string of the molecule is COC[C@H](C)NC(=O)c1ccc(N(Cc2ccccc2C)S(C)(=O)=O)cc1. The highest BCUT2D eigenvalue weighted by Crippen LogP contribution is 2.22. The minimum absolute atomic E-state index is 0.115. The molecule has 0 radical (unpaired) electrons. The van der Waals surface area contributed by atoms with E-state index in [0.717, 1.165) is 11.1 Å². The summed E-state index contributed by atoms with van der Waals surface area (Å²) in [5.41, 5.74) is 2.93. The number of carbonyl (C=O) groups is 1. The van der Waals surface area contributed by atoms with Crippen molar-refractivity contribution in [1.82, 2.24) is 5.32 Å². The molecule has 2 aromatic rings. The third-order valence-electron chi connectivity index (χ3n) is 4.19. The molecule has 2 aromatic carbocycles. The van der Waals surface area contributed by atoms with E-state index in [2.05, 4.69) is 5.32 Å². The first-order chi connectivity index (χ1) is 12.7. The lowest BCUT2D eigenvalue weighted by Gasteiger charge is -2.23. The van der Waals surface area contributed by atoms with Crippen molar-refractivity contribution in [2.45, 2.75) is 26.4 Å². The quantitative estimate of drug-likeness (QED) is 0.752. The number of hydrogen-bond donors (Lipinski definition) is 1. The highest BCUT2D eigenvalue weighted by molar-refractivity contribution is 7.92. The van der Waals surface area contributed by atoms with Gasteiger partial charge in [0, 0.05) is 18.7 Å². The van der Waals surface area contributed by atoms with Crippen molar-refractivity contribution in [2.75, 3.05) is 24.3 Å². The number of anilines is 1. The fraction of sp³-hybridized carbons (Fsp3) is 0.350. The second-order valence-electron chi connectivity index (χ2n) is 6.57. The van der Waals surface area contributed by atoms with Gasteiger partial charge in [-0.25, -0.2) is 8.42 Å². The van der Waals surface area contributed by atoms with Crippen molar-refractivity contribution in [3.8, 4) is 0 Å². The molecule has 0 spiro atoms. The summed E-state index contributed by atoms with van der Waals surface area (Å²) < 4.78 is 31.0. The van der Waals surface area contributed by atoms with Gasteiger partial charge in [-0.3, -0.25) is 9.10 Å². The predicted octanol–water partition coefficient (Wildman–Crippen LogP) is 2.73. The van der Waals surface area contributed by atoms with Crippen molar-refractivity contribution in [3.05, 3.63) is 65.2 Å². The Labute approximate surface area is 161 Å². The first-order valence-electron chi connectivity index (χ1n) is 8.64. The lowest BCUT2D eigenvalue weighted by molar-refractivity contribution is 0.0905. The molecule has 0 aromatic heterocycles. The second-order valence-corrected chi connectivity index (χ2v) is 8.48. The Morgan fingerprint density at radius 2 is 1.78 bits per heavy atom. The summed E-state index contributed by atoms with van der Waals surface area (Å²) in [5, 5.41) is 2.83. The summed E-state index contributed by atoms with van der Waals surface area (Å²) in [6.45, 7) is 4.46. The van der Waals surface area contributed by atoms with Gasteiger partial charge < -0.3 is 10.1 Å². The monoisotopic (exact) mass is 390 g/mol. The standard InChI is InChI=1S/C20H26N2O4S/c1-15-7-5-6-8-18(15)13-22(27(4,24)25)19-11-9-17(10-12-19)20(23)21-16(2)14-26-3/h5-12,16H,13-14H2,1-4H3,(H,21,23)/t16-/m0/s1. The Balaban J connectivity index is 2.23. The molecule has 6 nitrogen and oxygen atoms in total. The third kappa shape index (κ3) is 5.80. The van der Waals surface area contributed by atoms with E-state index in [1.807, 2.05) is 38.1 Å². The lowest BCUT2D eigenvalue weighted by atomic mass is 10.1. The van der Waals surface area contributed by atoms with Crippen LogP contribution in [0.15, 0.2) is 48.5 Å². The van der Waals surface area contributed by atoms with Gasteiger partial charge in [0.25, 0.3) is 5.91 Å². The number of amides is 1. The van der Waals surface area contributed by atoms with Crippen molar-refractivity contribution in [2.24, 2.45) is 0 Å². The average molecular weight is 391 g/mol. The van der Waals surface area contributed by atoms with E-state index in [-0.39, 0.29) is 18.5 Å². The van der Waals surface area contributed by atoms with E-state index < -0.39 is 10.0 Å². The Kier molecular flexibility index (Phi) is 6.98. The number of carbonyl (C=O) groups excluding carboxylic acids is 1. The number of aryl methyl sites for hydroxylation is 1. The van der Waals surface area contributed by atoms with Gasteiger partial charge in [-0.2, -0.15) is 0 Å². The highest BCUT2D eigenvalue weighted by Gasteiger charge is 2.19. The van der Waals surface area contributed by atoms with Gasteiger partial charge in [0.05, 0.1) is 25.1 Å². The maximum atomic E-state index is 12.3. The molecule has 0 saturated heterocycles. The smallest absolute Gasteiger partial charge is 0.251 e. The van der Waals surface area contributed by atoms with Gasteiger partial charge in [0.15, 0.2) is 0 Å². The van der Waals surface area contributed by atoms with E-state index in [1.54, 1.807) is 31.4 Å². The highest BCUT2D eigenvalue weighted by atomic mass is 32.2. The van der Waals surface area contributed by atoms with Crippen LogP contribution in [0.1, 0.15) is 28.4 Å².